The van der Waals surface area contributed by atoms with E-state index in [0.717, 1.165) is 11.1 Å². The van der Waals surface area contributed by atoms with Crippen molar-refractivity contribution < 1.29 is 32.2 Å². The SMILES string of the molecule is CCOCc1cccc(NC(=O)CCc2ccc(OCC(F)(F)F)c(OC)c2)c1. The summed E-state index contributed by atoms with van der Waals surface area (Å²) in [6.07, 6.45) is -3.82. The van der Waals surface area contributed by atoms with Gasteiger partial charge in [-0.1, -0.05) is 18.2 Å². The topological polar surface area (TPSA) is 56.8 Å². The van der Waals surface area contributed by atoms with E-state index in [1.165, 1.54) is 13.2 Å². The van der Waals surface area contributed by atoms with E-state index in [1.807, 2.05) is 25.1 Å². The molecule has 0 radical (unpaired) electrons. The molecule has 0 saturated heterocycles. The van der Waals surface area contributed by atoms with Crippen LogP contribution in [0.5, 0.6) is 11.5 Å². The number of methoxy groups -OCH3 is 1. The van der Waals surface area contributed by atoms with E-state index in [4.69, 9.17) is 14.2 Å². The van der Waals surface area contributed by atoms with E-state index >= 15 is 0 Å². The summed E-state index contributed by atoms with van der Waals surface area (Å²) >= 11 is 0. The lowest BCUT2D eigenvalue weighted by Gasteiger charge is -2.13. The largest absolute Gasteiger partial charge is 0.493 e. The van der Waals surface area contributed by atoms with Crippen molar-refractivity contribution in [2.45, 2.75) is 32.5 Å². The monoisotopic (exact) mass is 411 g/mol. The Hall–Kier alpha value is -2.74. The van der Waals surface area contributed by atoms with E-state index in [-0.39, 0.29) is 23.8 Å². The van der Waals surface area contributed by atoms with Gasteiger partial charge in [-0.2, -0.15) is 13.2 Å². The zero-order valence-electron chi connectivity index (χ0n) is 16.3. The highest BCUT2D eigenvalue weighted by molar-refractivity contribution is 5.90. The highest BCUT2D eigenvalue weighted by atomic mass is 19.4. The number of nitrogens with one attached hydrogen (secondary N) is 1. The van der Waals surface area contributed by atoms with Crippen molar-refractivity contribution in [3.05, 3.63) is 53.6 Å². The molecule has 0 saturated carbocycles. The van der Waals surface area contributed by atoms with Gasteiger partial charge in [-0.05, 0) is 48.7 Å². The summed E-state index contributed by atoms with van der Waals surface area (Å²) in [5.74, 6) is 0.0230. The van der Waals surface area contributed by atoms with Gasteiger partial charge in [-0.25, -0.2) is 0 Å². The average molecular weight is 411 g/mol. The first-order chi connectivity index (χ1) is 13.8. The second kappa shape index (κ2) is 10.7. The Bertz CT molecular complexity index is 809. The number of amides is 1. The fourth-order valence-corrected chi connectivity index (χ4v) is 2.59. The highest BCUT2D eigenvalue weighted by Crippen LogP contribution is 2.30. The molecule has 29 heavy (non-hydrogen) atoms. The quantitative estimate of drug-likeness (QED) is 0.613. The number of halogens is 3. The summed E-state index contributed by atoms with van der Waals surface area (Å²) in [7, 11) is 1.35. The number of rotatable bonds is 10. The van der Waals surface area contributed by atoms with Crippen LogP contribution >= 0.6 is 0 Å². The number of carbonyl (C=O) groups is 1. The second-order valence-electron chi connectivity index (χ2n) is 6.27. The van der Waals surface area contributed by atoms with Crippen molar-refractivity contribution in [2.75, 3.05) is 25.6 Å². The predicted molar refractivity (Wildman–Crippen MR) is 103 cm³/mol. The van der Waals surface area contributed by atoms with Crippen LogP contribution in [0.15, 0.2) is 42.5 Å². The van der Waals surface area contributed by atoms with Crippen molar-refractivity contribution in [1.82, 2.24) is 0 Å². The van der Waals surface area contributed by atoms with E-state index < -0.39 is 12.8 Å². The molecule has 0 unspecified atom stereocenters. The summed E-state index contributed by atoms with van der Waals surface area (Å²) < 4.78 is 52.1. The molecule has 2 aromatic carbocycles. The van der Waals surface area contributed by atoms with E-state index in [1.54, 1.807) is 18.2 Å². The van der Waals surface area contributed by atoms with E-state index in [0.29, 0.717) is 25.3 Å². The molecule has 0 fully saturated rings. The third-order valence-electron chi connectivity index (χ3n) is 3.94. The highest BCUT2D eigenvalue weighted by Gasteiger charge is 2.29. The Labute approximate surface area is 167 Å². The summed E-state index contributed by atoms with van der Waals surface area (Å²) in [4.78, 5) is 12.2. The van der Waals surface area contributed by atoms with Gasteiger partial charge in [0.15, 0.2) is 18.1 Å². The molecular weight excluding hydrogens is 387 g/mol. The zero-order valence-corrected chi connectivity index (χ0v) is 16.3. The van der Waals surface area contributed by atoms with Crippen molar-refractivity contribution >= 4 is 11.6 Å². The molecule has 5 nitrogen and oxygen atoms in total. The number of anilines is 1. The molecule has 1 amide bonds. The minimum atomic E-state index is -4.43. The molecule has 2 rings (SSSR count). The first kappa shape index (κ1) is 22.5. The van der Waals surface area contributed by atoms with Crippen molar-refractivity contribution in [2.24, 2.45) is 0 Å². The molecule has 0 aromatic heterocycles. The third kappa shape index (κ3) is 8.03. The molecule has 8 heteroatoms. The maximum atomic E-state index is 12.3. The minimum absolute atomic E-state index is 0.00383. The number of benzene rings is 2. The van der Waals surface area contributed by atoms with Crippen LogP contribution in [0, 0.1) is 0 Å². The summed E-state index contributed by atoms with van der Waals surface area (Å²) in [5.41, 5.74) is 2.39. The smallest absolute Gasteiger partial charge is 0.422 e. The summed E-state index contributed by atoms with van der Waals surface area (Å²) in [6.45, 7) is 1.60. The third-order valence-corrected chi connectivity index (χ3v) is 3.94. The molecule has 0 aliphatic carbocycles. The van der Waals surface area contributed by atoms with Gasteiger partial charge < -0.3 is 19.5 Å². The van der Waals surface area contributed by atoms with Crippen LogP contribution in [0.1, 0.15) is 24.5 Å². The molecule has 0 heterocycles. The maximum absolute atomic E-state index is 12.3. The first-order valence-electron chi connectivity index (χ1n) is 9.13. The molecule has 1 N–H and O–H groups in total. The Morgan fingerprint density at radius 1 is 1.07 bits per heavy atom. The number of alkyl halides is 3. The lowest BCUT2D eigenvalue weighted by atomic mass is 10.1. The molecule has 0 aliphatic rings. The molecule has 0 atom stereocenters. The number of aryl methyl sites for hydroxylation is 1. The molecular formula is C21H24F3NO4. The normalized spacial score (nSPS) is 11.2. The molecule has 0 aliphatic heterocycles. The average Bonchev–Trinajstić information content (AvgIpc) is 2.69. The first-order valence-corrected chi connectivity index (χ1v) is 9.13. The fourth-order valence-electron chi connectivity index (χ4n) is 2.59. The Balaban J connectivity index is 1.91. The van der Waals surface area contributed by atoms with Gasteiger partial charge >= 0.3 is 6.18 Å². The van der Waals surface area contributed by atoms with Gasteiger partial charge in [-0.3, -0.25) is 4.79 Å². The Kier molecular flexibility index (Phi) is 8.33. The Morgan fingerprint density at radius 2 is 1.86 bits per heavy atom. The number of hydrogen-bond acceptors (Lipinski definition) is 4. The van der Waals surface area contributed by atoms with Gasteiger partial charge in [0.05, 0.1) is 13.7 Å². The van der Waals surface area contributed by atoms with Crippen LogP contribution in [0.25, 0.3) is 0 Å². The Morgan fingerprint density at radius 3 is 2.55 bits per heavy atom. The minimum Gasteiger partial charge on any atom is -0.493 e. The van der Waals surface area contributed by atoms with Crippen molar-refractivity contribution in [3.63, 3.8) is 0 Å². The van der Waals surface area contributed by atoms with Crippen molar-refractivity contribution in [3.8, 4) is 11.5 Å². The van der Waals surface area contributed by atoms with Gasteiger partial charge in [-0.15, -0.1) is 0 Å². The summed E-state index contributed by atoms with van der Waals surface area (Å²) in [5, 5.41) is 2.83. The number of carbonyl (C=O) groups excluding carboxylic acids is 1. The van der Waals surface area contributed by atoms with Crippen molar-refractivity contribution in [1.29, 1.82) is 0 Å². The molecule has 158 valence electrons. The molecule has 0 bridgehead atoms. The standard InChI is InChI=1S/C21H24F3NO4/c1-3-28-13-16-5-4-6-17(11-16)25-20(26)10-8-15-7-9-18(19(12-15)27-2)29-14-21(22,23)24/h4-7,9,11-12H,3,8,10,13-14H2,1-2H3,(H,25,26). The van der Waals surface area contributed by atoms with E-state index in [2.05, 4.69) is 5.32 Å². The van der Waals surface area contributed by atoms with E-state index in [9.17, 15) is 18.0 Å². The van der Waals surface area contributed by atoms with Crippen LogP contribution in [0.4, 0.5) is 18.9 Å². The lowest BCUT2D eigenvalue weighted by Crippen LogP contribution is -2.19. The van der Waals surface area contributed by atoms with Crippen LogP contribution in [0.2, 0.25) is 0 Å². The van der Waals surface area contributed by atoms with Crippen LogP contribution in [0.3, 0.4) is 0 Å². The van der Waals surface area contributed by atoms with Gasteiger partial charge in [0.1, 0.15) is 0 Å². The van der Waals surface area contributed by atoms with Gasteiger partial charge in [0.2, 0.25) is 5.91 Å². The van der Waals surface area contributed by atoms with Gasteiger partial charge in [0.25, 0.3) is 0 Å². The number of ether oxygens (including phenoxy) is 3. The summed E-state index contributed by atoms with van der Waals surface area (Å²) in [6, 6.07) is 12.0. The predicted octanol–water partition coefficient (Wildman–Crippen LogP) is 4.74. The maximum Gasteiger partial charge on any atom is 0.422 e. The van der Waals surface area contributed by atoms with Gasteiger partial charge in [0, 0.05) is 18.7 Å². The zero-order chi connectivity index (χ0) is 21.3. The van der Waals surface area contributed by atoms with Crippen LogP contribution in [-0.4, -0.2) is 32.4 Å². The van der Waals surface area contributed by atoms with Crippen LogP contribution in [-0.2, 0) is 22.6 Å². The number of hydrogen-bond donors (Lipinski definition) is 1. The lowest BCUT2D eigenvalue weighted by molar-refractivity contribution is -0.153. The molecule has 2 aromatic rings. The molecule has 0 spiro atoms. The fraction of sp³-hybridized carbons (Fsp3) is 0.381. The second-order valence-corrected chi connectivity index (χ2v) is 6.27. The van der Waals surface area contributed by atoms with Crippen LogP contribution < -0.4 is 14.8 Å².